The highest BCUT2D eigenvalue weighted by Gasteiger charge is 2.32. The van der Waals surface area contributed by atoms with Crippen molar-refractivity contribution in [2.75, 3.05) is 24.3 Å². The van der Waals surface area contributed by atoms with Crippen LogP contribution in [-0.2, 0) is 19.6 Å². The average Bonchev–Trinajstić information content (AvgIpc) is 2.40. The molecule has 0 heterocycles. The van der Waals surface area contributed by atoms with Crippen molar-refractivity contribution in [3.05, 3.63) is 0 Å². The molecule has 0 spiro atoms. The first kappa shape index (κ1) is 20.2. The Morgan fingerprint density at radius 2 is 1.95 bits per heavy atom. The largest absolute Gasteiger partial charge is 0.479 e. The average molecular weight is 342 g/mol. The van der Waals surface area contributed by atoms with Gasteiger partial charge in [-0.05, 0) is 32.3 Å². The van der Waals surface area contributed by atoms with Crippen LogP contribution < -0.4 is 10.0 Å². The fourth-order valence-electron chi connectivity index (χ4n) is 1.24. The molecule has 0 saturated heterocycles. The lowest BCUT2D eigenvalue weighted by Gasteiger charge is -2.22. The summed E-state index contributed by atoms with van der Waals surface area (Å²) >= 11 is 1.45. The second kappa shape index (κ2) is 8.57. The summed E-state index contributed by atoms with van der Waals surface area (Å²) < 4.78 is 25.4. The molecule has 0 radical (unpaired) electrons. The number of carbonyl (C=O) groups is 2. The normalized spacial score (nSPS) is 16.0. The number of hydrogen-bond donors (Lipinski definition) is 4. The molecular formula is C11H22N2O6S2. The predicted molar refractivity (Wildman–Crippen MR) is 80.7 cm³/mol. The Hall–Kier alpha value is -0.840. The standard InChI is InChI=1S/C11H22N2O6S2/c1-4-21(18,19)13-8(5-6-20-3)9(14)12-7-11(2,17)10(15)16/h8,13,17H,4-7H2,1-3H3,(H,12,14)(H,15,16). The van der Waals surface area contributed by atoms with Gasteiger partial charge in [0.2, 0.25) is 15.9 Å². The second-order valence-corrected chi connectivity index (χ2v) is 7.68. The summed E-state index contributed by atoms with van der Waals surface area (Å²) in [4.78, 5) is 22.7. The lowest BCUT2D eigenvalue weighted by Crippen LogP contribution is -2.52. The minimum Gasteiger partial charge on any atom is -0.479 e. The summed E-state index contributed by atoms with van der Waals surface area (Å²) in [6.07, 6.45) is 2.08. The van der Waals surface area contributed by atoms with Gasteiger partial charge >= 0.3 is 5.97 Å². The third-order valence-corrected chi connectivity index (χ3v) is 4.74. The Balaban J connectivity index is 4.77. The van der Waals surface area contributed by atoms with E-state index in [1.165, 1.54) is 18.7 Å². The van der Waals surface area contributed by atoms with E-state index < -0.39 is 40.1 Å². The van der Waals surface area contributed by atoms with Gasteiger partial charge in [-0.1, -0.05) is 0 Å². The number of carboxylic acids is 1. The lowest BCUT2D eigenvalue weighted by atomic mass is 10.1. The summed E-state index contributed by atoms with van der Waals surface area (Å²) in [7, 11) is -3.56. The maximum atomic E-state index is 12.0. The van der Waals surface area contributed by atoms with Gasteiger partial charge in [0.25, 0.3) is 0 Å². The number of carboxylic acid groups (broad SMARTS) is 1. The van der Waals surface area contributed by atoms with Crippen molar-refractivity contribution >= 4 is 33.7 Å². The fourth-order valence-corrected chi connectivity index (χ4v) is 2.53. The molecule has 2 atom stereocenters. The summed E-state index contributed by atoms with van der Waals surface area (Å²) in [6.45, 7) is 1.98. The minimum absolute atomic E-state index is 0.164. The highest BCUT2D eigenvalue weighted by Crippen LogP contribution is 2.05. The van der Waals surface area contributed by atoms with Gasteiger partial charge in [0, 0.05) is 0 Å². The van der Waals surface area contributed by atoms with Crippen molar-refractivity contribution in [3.63, 3.8) is 0 Å². The van der Waals surface area contributed by atoms with Crippen LogP contribution in [0.2, 0.25) is 0 Å². The first-order valence-electron chi connectivity index (χ1n) is 6.28. The maximum absolute atomic E-state index is 12.0. The molecule has 1 amide bonds. The zero-order valence-electron chi connectivity index (χ0n) is 12.2. The number of nitrogens with one attached hydrogen (secondary N) is 2. The van der Waals surface area contributed by atoms with E-state index in [-0.39, 0.29) is 12.2 Å². The number of thioether (sulfide) groups is 1. The van der Waals surface area contributed by atoms with Crippen molar-refractivity contribution < 1.29 is 28.2 Å². The number of aliphatic hydroxyl groups is 1. The first-order chi connectivity index (χ1) is 9.55. The molecular weight excluding hydrogens is 320 g/mol. The number of hydrogen-bond acceptors (Lipinski definition) is 6. The van der Waals surface area contributed by atoms with Gasteiger partial charge in [0.15, 0.2) is 5.60 Å². The molecule has 0 fully saturated rings. The van der Waals surface area contributed by atoms with E-state index in [1.807, 2.05) is 6.26 Å². The fraction of sp³-hybridized carbons (Fsp3) is 0.818. The molecule has 2 unspecified atom stereocenters. The van der Waals surface area contributed by atoms with Gasteiger partial charge in [-0.3, -0.25) is 4.79 Å². The molecule has 0 aliphatic heterocycles. The van der Waals surface area contributed by atoms with E-state index in [9.17, 15) is 23.1 Å². The smallest absolute Gasteiger partial charge is 0.337 e. The van der Waals surface area contributed by atoms with Gasteiger partial charge in [0.1, 0.15) is 6.04 Å². The zero-order valence-corrected chi connectivity index (χ0v) is 13.9. The van der Waals surface area contributed by atoms with Gasteiger partial charge in [-0.25, -0.2) is 17.9 Å². The topological polar surface area (TPSA) is 133 Å². The SMILES string of the molecule is CCS(=O)(=O)NC(CCSC)C(=O)NCC(C)(O)C(=O)O. The minimum atomic E-state index is -3.56. The Morgan fingerprint density at radius 1 is 1.38 bits per heavy atom. The molecule has 0 bridgehead atoms. The van der Waals surface area contributed by atoms with E-state index in [0.717, 1.165) is 6.92 Å². The number of amides is 1. The summed E-state index contributed by atoms with van der Waals surface area (Å²) in [5.41, 5.74) is -2.11. The van der Waals surface area contributed by atoms with Crippen LogP contribution in [0.3, 0.4) is 0 Å². The molecule has 4 N–H and O–H groups in total. The van der Waals surface area contributed by atoms with Crippen molar-refractivity contribution in [2.45, 2.75) is 31.9 Å². The van der Waals surface area contributed by atoms with Gasteiger partial charge in [0.05, 0.1) is 12.3 Å². The van der Waals surface area contributed by atoms with E-state index in [2.05, 4.69) is 10.0 Å². The molecule has 0 aromatic carbocycles. The van der Waals surface area contributed by atoms with Crippen LogP contribution >= 0.6 is 11.8 Å². The van der Waals surface area contributed by atoms with Crippen LogP contribution in [0.15, 0.2) is 0 Å². The van der Waals surface area contributed by atoms with Crippen molar-refractivity contribution in [2.24, 2.45) is 0 Å². The van der Waals surface area contributed by atoms with E-state index in [1.54, 1.807) is 0 Å². The monoisotopic (exact) mass is 342 g/mol. The Bertz CT molecular complexity index is 463. The van der Waals surface area contributed by atoms with Gasteiger partial charge < -0.3 is 15.5 Å². The number of rotatable bonds is 10. The maximum Gasteiger partial charge on any atom is 0.337 e. The molecule has 21 heavy (non-hydrogen) atoms. The molecule has 124 valence electrons. The van der Waals surface area contributed by atoms with Crippen LogP contribution in [0.25, 0.3) is 0 Å². The van der Waals surface area contributed by atoms with Crippen molar-refractivity contribution in [3.8, 4) is 0 Å². The summed E-state index contributed by atoms with van der Waals surface area (Å²) in [5, 5.41) is 20.5. The Kier molecular flexibility index (Phi) is 8.22. The molecule has 0 rings (SSSR count). The highest BCUT2D eigenvalue weighted by molar-refractivity contribution is 7.98. The first-order valence-corrected chi connectivity index (χ1v) is 9.32. The molecule has 0 aromatic heterocycles. The van der Waals surface area contributed by atoms with Crippen LogP contribution in [0.4, 0.5) is 0 Å². The third kappa shape index (κ3) is 7.65. The van der Waals surface area contributed by atoms with E-state index in [4.69, 9.17) is 5.11 Å². The second-order valence-electron chi connectivity index (χ2n) is 4.65. The quantitative estimate of drug-likeness (QED) is 0.400. The zero-order chi connectivity index (χ0) is 16.7. The summed E-state index contributed by atoms with van der Waals surface area (Å²) in [6, 6.07) is -0.994. The van der Waals surface area contributed by atoms with Gasteiger partial charge in [-0.15, -0.1) is 0 Å². The molecule has 0 aromatic rings. The molecule has 0 aliphatic carbocycles. The van der Waals surface area contributed by atoms with Gasteiger partial charge in [-0.2, -0.15) is 11.8 Å². The van der Waals surface area contributed by atoms with Crippen LogP contribution in [0, 0.1) is 0 Å². The number of carbonyl (C=O) groups excluding carboxylic acids is 1. The lowest BCUT2D eigenvalue weighted by molar-refractivity contribution is -0.156. The molecule has 0 aliphatic rings. The molecule has 10 heteroatoms. The number of sulfonamides is 1. The van der Waals surface area contributed by atoms with E-state index in [0.29, 0.717) is 5.75 Å². The van der Waals surface area contributed by atoms with E-state index >= 15 is 0 Å². The van der Waals surface area contributed by atoms with Crippen LogP contribution in [0.5, 0.6) is 0 Å². The predicted octanol–water partition coefficient (Wildman–Crippen LogP) is -1.00. The van der Waals surface area contributed by atoms with Crippen LogP contribution in [0.1, 0.15) is 20.3 Å². The highest BCUT2D eigenvalue weighted by atomic mass is 32.2. The van der Waals surface area contributed by atoms with Crippen molar-refractivity contribution in [1.29, 1.82) is 0 Å². The molecule has 8 nitrogen and oxygen atoms in total. The summed E-state index contributed by atoms with van der Waals surface area (Å²) in [5.74, 6) is -1.75. The third-order valence-electron chi connectivity index (χ3n) is 2.70. The van der Waals surface area contributed by atoms with Crippen molar-refractivity contribution in [1.82, 2.24) is 10.0 Å². The molecule has 0 saturated carbocycles. The Morgan fingerprint density at radius 3 is 2.38 bits per heavy atom. The number of aliphatic carboxylic acids is 1. The Labute approximate surface area is 128 Å². The van der Waals surface area contributed by atoms with Crippen LogP contribution in [-0.4, -0.2) is 66.5 Å².